The number of ether oxygens (including phenoxy) is 4. The van der Waals surface area contributed by atoms with E-state index in [1.165, 1.54) is 38.1 Å². The second-order valence-electron chi connectivity index (χ2n) is 8.50. The molecule has 218 valence electrons. The van der Waals surface area contributed by atoms with Gasteiger partial charge in [-0.1, -0.05) is 5.16 Å². The molecule has 3 heterocycles. The molecule has 1 saturated heterocycles. The number of nitrogens with one attached hydrogen (secondary N) is 2. The van der Waals surface area contributed by atoms with Crippen molar-refractivity contribution in [2.24, 2.45) is 5.16 Å². The molecule has 0 aromatic carbocycles. The highest BCUT2D eigenvalue weighted by Crippen LogP contribution is 2.41. The van der Waals surface area contributed by atoms with Gasteiger partial charge in [0.25, 0.3) is 11.8 Å². The Hall–Kier alpha value is -3.70. The Morgan fingerprint density at radius 2 is 2.00 bits per heavy atom. The molecule has 0 bridgehead atoms. The Kier molecular flexibility index (Phi) is 9.00. The number of aromatic nitrogens is 1. The van der Waals surface area contributed by atoms with Gasteiger partial charge in [-0.2, -0.15) is 0 Å². The number of hydrogen-bond acceptors (Lipinski definition) is 14. The van der Waals surface area contributed by atoms with Gasteiger partial charge >= 0.3 is 12.1 Å². The summed E-state index contributed by atoms with van der Waals surface area (Å²) in [7, 11) is -1.59. The van der Waals surface area contributed by atoms with E-state index in [0.29, 0.717) is 5.57 Å². The average Bonchev–Trinajstić information content (AvgIpc) is 3.33. The van der Waals surface area contributed by atoms with Crippen LogP contribution in [0.2, 0.25) is 0 Å². The minimum atomic E-state index is -2.99. The van der Waals surface area contributed by atoms with Crippen molar-refractivity contribution < 1.29 is 51.9 Å². The van der Waals surface area contributed by atoms with E-state index in [2.05, 4.69) is 25.6 Å². The van der Waals surface area contributed by atoms with Crippen LogP contribution in [0.3, 0.4) is 0 Å². The van der Waals surface area contributed by atoms with E-state index >= 15 is 0 Å². The minimum absolute atomic E-state index is 0.0146. The molecule has 40 heavy (non-hydrogen) atoms. The molecular formula is C23H29N5O10S2. The van der Waals surface area contributed by atoms with Crippen LogP contribution in [-0.2, 0) is 43.0 Å². The molecule has 0 radical (unpaired) electrons. The minimum Gasteiger partial charge on any atom is -0.431 e. The van der Waals surface area contributed by atoms with Gasteiger partial charge in [0.15, 0.2) is 10.8 Å². The maximum Gasteiger partial charge on any atom is 0.511 e. The molecule has 1 unspecified atom stereocenters. The fourth-order valence-electron chi connectivity index (χ4n) is 3.59. The summed E-state index contributed by atoms with van der Waals surface area (Å²) in [5, 5.41) is 9.04. The van der Waals surface area contributed by atoms with E-state index in [-0.39, 0.29) is 28.9 Å². The summed E-state index contributed by atoms with van der Waals surface area (Å²) in [6.45, 7) is 5.75. The molecule has 2 aliphatic heterocycles. The number of nitrogens with zero attached hydrogens (tertiary/aromatic N) is 3. The number of rotatable bonds is 11. The Labute approximate surface area is 241 Å². The van der Waals surface area contributed by atoms with Crippen molar-refractivity contribution in [2.45, 2.75) is 51.5 Å². The third-order valence-corrected chi connectivity index (χ3v) is 7.19. The molecular weight excluding hydrogens is 570 g/mol. The number of anilines is 1. The topological polar surface area (TPSA) is 184 Å². The van der Waals surface area contributed by atoms with Crippen LogP contribution < -0.4 is 10.6 Å². The summed E-state index contributed by atoms with van der Waals surface area (Å²) in [6, 6.07) is -1.16. The number of β-lactam (4-membered cyclic amide) rings is 1. The number of carbonyl (C=O) groups is 5. The molecule has 0 aliphatic carbocycles. The van der Waals surface area contributed by atoms with Gasteiger partial charge in [-0.15, -0.1) is 23.1 Å². The lowest BCUT2D eigenvalue weighted by molar-refractivity contribution is -0.169. The quantitative estimate of drug-likeness (QED) is 0.121. The maximum absolute atomic E-state index is 13.3. The average molecular weight is 603 g/mol. The van der Waals surface area contributed by atoms with Crippen molar-refractivity contribution in [1.82, 2.24) is 15.2 Å². The largest absolute Gasteiger partial charge is 0.511 e. The summed E-state index contributed by atoms with van der Waals surface area (Å²) in [5.74, 6) is -2.86. The van der Waals surface area contributed by atoms with Crippen LogP contribution >= 0.6 is 23.1 Å². The van der Waals surface area contributed by atoms with Crippen molar-refractivity contribution >= 4 is 63.8 Å². The zero-order valence-electron chi connectivity index (χ0n) is 25.0. The number of thiazole rings is 1. The first-order valence-electron chi connectivity index (χ1n) is 13.2. The van der Waals surface area contributed by atoms with Crippen molar-refractivity contribution in [3.63, 3.8) is 0 Å². The molecule has 3 atom stereocenters. The normalized spacial score (nSPS) is 20.8. The molecule has 3 amide bonds. The Bertz CT molecular complexity index is 1330. The number of fused-ring (bicyclic) bond motifs is 1. The van der Waals surface area contributed by atoms with E-state index in [9.17, 15) is 24.0 Å². The molecule has 3 rings (SSSR count). The van der Waals surface area contributed by atoms with E-state index < -0.39 is 66.4 Å². The standard InChI is InChI=1S/C23H29N5O10S2/c1-10(2)36-23(33)38-12(4)37-21(32)17-13(7-34-5)8-39-20-16(19(31)28(17)20)26-18(30)15(27-35-6)14-9-40-22(25-14)24-11(3)29/h9-10,12,16,20H,7-8H2,1-6H3,(H,26,30)(H,24,25,29)/b27-15-/t12?,16-,20-/m1/s1/i6D3. The number of esters is 1. The van der Waals surface area contributed by atoms with Gasteiger partial charge in [0.1, 0.15) is 29.8 Å². The molecule has 15 nitrogen and oxygen atoms in total. The van der Waals surface area contributed by atoms with Crippen molar-refractivity contribution in [3.05, 3.63) is 22.3 Å². The first-order chi connectivity index (χ1) is 20.1. The molecule has 0 spiro atoms. The Morgan fingerprint density at radius 3 is 2.65 bits per heavy atom. The molecule has 1 aromatic rings. The van der Waals surface area contributed by atoms with Crippen LogP contribution in [-0.4, -0.2) is 95.8 Å². The number of amides is 3. The predicted molar refractivity (Wildman–Crippen MR) is 142 cm³/mol. The summed E-state index contributed by atoms with van der Waals surface area (Å²) < 4.78 is 41.9. The van der Waals surface area contributed by atoms with E-state index in [0.717, 1.165) is 16.2 Å². The Morgan fingerprint density at radius 1 is 1.25 bits per heavy atom. The lowest BCUT2D eigenvalue weighted by Gasteiger charge is -2.49. The van der Waals surface area contributed by atoms with Crippen LogP contribution in [0.4, 0.5) is 9.93 Å². The van der Waals surface area contributed by atoms with Crippen LogP contribution in [0.5, 0.6) is 0 Å². The van der Waals surface area contributed by atoms with Gasteiger partial charge in [0, 0.05) is 32.1 Å². The van der Waals surface area contributed by atoms with Gasteiger partial charge in [0.2, 0.25) is 12.2 Å². The lowest BCUT2D eigenvalue weighted by atomic mass is 10.0. The molecule has 2 N–H and O–H groups in total. The third kappa shape index (κ3) is 7.28. The van der Waals surface area contributed by atoms with Crippen LogP contribution in [0.25, 0.3) is 0 Å². The maximum atomic E-state index is 13.3. The highest BCUT2D eigenvalue weighted by atomic mass is 32.2. The second-order valence-corrected chi connectivity index (χ2v) is 10.5. The summed E-state index contributed by atoms with van der Waals surface area (Å²) in [4.78, 5) is 72.4. The fourth-order valence-corrected chi connectivity index (χ4v) is 5.66. The Balaban J connectivity index is 1.79. The van der Waals surface area contributed by atoms with Crippen LogP contribution in [0, 0.1) is 0 Å². The number of hydrogen-bond donors (Lipinski definition) is 2. The third-order valence-electron chi connectivity index (χ3n) is 5.09. The van der Waals surface area contributed by atoms with Crippen LogP contribution in [0.1, 0.15) is 37.5 Å². The van der Waals surface area contributed by atoms with Gasteiger partial charge in [0.05, 0.1) is 16.8 Å². The van der Waals surface area contributed by atoms with Gasteiger partial charge in [-0.05, 0) is 19.4 Å². The van der Waals surface area contributed by atoms with Gasteiger partial charge in [-0.25, -0.2) is 14.6 Å². The predicted octanol–water partition coefficient (Wildman–Crippen LogP) is 1.20. The van der Waals surface area contributed by atoms with Crippen molar-refractivity contribution in [3.8, 4) is 0 Å². The number of methoxy groups -OCH3 is 1. The van der Waals surface area contributed by atoms with E-state index in [1.54, 1.807) is 13.8 Å². The van der Waals surface area contributed by atoms with Crippen molar-refractivity contribution in [1.29, 1.82) is 0 Å². The smallest absolute Gasteiger partial charge is 0.431 e. The zero-order valence-corrected chi connectivity index (χ0v) is 23.7. The van der Waals surface area contributed by atoms with E-state index in [4.69, 9.17) is 23.1 Å². The fraction of sp³-hybridized carbons (Fsp3) is 0.522. The molecule has 2 aliphatic rings. The van der Waals surface area contributed by atoms with Crippen LogP contribution in [0.15, 0.2) is 21.8 Å². The highest BCUT2D eigenvalue weighted by molar-refractivity contribution is 8.00. The molecule has 1 aromatic heterocycles. The number of thioether (sulfide) groups is 1. The SMILES string of the molecule is [2H]C([2H])([2H])O/N=C(\C(=O)N[C@@H]1C(=O)N2C(C(=O)OC(C)OC(=O)OC(C)C)=C(COC)CS[C@H]12)c1csc(NC(C)=O)n1. The molecule has 0 saturated carbocycles. The van der Waals surface area contributed by atoms with Crippen molar-refractivity contribution in [2.75, 3.05) is 31.8 Å². The van der Waals surface area contributed by atoms with E-state index in [1.807, 2.05) is 0 Å². The number of oxime groups is 1. The summed E-state index contributed by atoms with van der Waals surface area (Å²) in [5.41, 5.74) is -0.393. The zero-order chi connectivity index (χ0) is 32.1. The molecule has 1 fully saturated rings. The van der Waals surface area contributed by atoms with Gasteiger partial charge < -0.3 is 34.4 Å². The first-order valence-corrected chi connectivity index (χ1v) is 13.6. The monoisotopic (exact) mass is 602 g/mol. The summed E-state index contributed by atoms with van der Waals surface area (Å²) in [6.07, 6.45) is -2.87. The molecule has 17 heteroatoms. The second kappa shape index (κ2) is 13.6. The summed E-state index contributed by atoms with van der Waals surface area (Å²) >= 11 is 2.17. The first kappa shape index (κ1) is 26.5. The lowest BCUT2D eigenvalue weighted by Crippen LogP contribution is -2.71. The highest BCUT2D eigenvalue weighted by Gasteiger charge is 2.55. The number of carbonyl (C=O) groups excluding carboxylic acids is 5. The van der Waals surface area contributed by atoms with Gasteiger partial charge in [-0.3, -0.25) is 19.3 Å².